The van der Waals surface area contributed by atoms with Crippen LogP contribution in [0.2, 0.25) is 0 Å². The van der Waals surface area contributed by atoms with E-state index in [0.29, 0.717) is 5.75 Å². The summed E-state index contributed by atoms with van der Waals surface area (Å²) < 4.78 is 0. The van der Waals surface area contributed by atoms with Crippen molar-refractivity contribution < 1.29 is 4.79 Å². The average Bonchev–Trinajstić information content (AvgIpc) is 2.13. The van der Waals surface area contributed by atoms with Gasteiger partial charge in [-0.25, -0.2) is 0 Å². The number of nitrogens with one attached hydrogen (secondary N) is 1. The minimum absolute atomic E-state index is 0.00241. The molecule has 0 aromatic heterocycles. The first kappa shape index (κ1) is 12.8. The van der Waals surface area contributed by atoms with Crippen LogP contribution in [-0.4, -0.2) is 30.0 Å². The molecule has 0 saturated heterocycles. The van der Waals surface area contributed by atoms with E-state index in [0.717, 1.165) is 0 Å². The van der Waals surface area contributed by atoms with Crippen LogP contribution in [0, 0.1) is 10.8 Å². The van der Waals surface area contributed by atoms with Crippen molar-refractivity contribution in [2.75, 3.05) is 12.0 Å². The number of carbonyl (C=O) groups is 1. The molecule has 0 heterocycles. The lowest BCUT2D eigenvalue weighted by molar-refractivity contribution is -0.129. The van der Waals surface area contributed by atoms with E-state index >= 15 is 0 Å². The van der Waals surface area contributed by atoms with Crippen molar-refractivity contribution in [3.8, 4) is 0 Å². The molecule has 1 fully saturated rings. The maximum absolute atomic E-state index is 11.6. The fourth-order valence-electron chi connectivity index (χ4n) is 2.89. The average molecular weight is 230 g/mol. The smallest absolute Gasteiger partial charge is 0.230 e. The van der Waals surface area contributed by atoms with Gasteiger partial charge in [-0.05, 0) is 6.26 Å². The van der Waals surface area contributed by atoms with Crippen LogP contribution >= 0.6 is 11.8 Å². The molecule has 3 N–H and O–H groups in total. The van der Waals surface area contributed by atoms with Gasteiger partial charge in [0.05, 0.1) is 5.75 Å². The predicted molar refractivity (Wildman–Crippen MR) is 65.9 cm³/mol. The molecule has 88 valence electrons. The largest absolute Gasteiger partial charge is 0.351 e. The third kappa shape index (κ3) is 2.02. The SMILES string of the molecule is CSCC(=O)NC1C(C)(C)C(N)C1(C)C. The lowest BCUT2D eigenvalue weighted by Gasteiger charge is -2.62. The Morgan fingerprint density at radius 1 is 1.33 bits per heavy atom. The van der Waals surface area contributed by atoms with Crippen LogP contribution in [0.5, 0.6) is 0 Å². The normalized spacial score (nSPS) is 31.9. The first-order chi connectivity index (χ1) is 6.74. The van der Waals surface area contributed by atoms with Crippen LogP contribution in [0.15, 0.2) is 0 Å². The molecule has 0 radical (unpaired) electrons. The summed E-state index contributed by atoms with van der Waals surface area (Å²) in [5.74, 6) is 0.637. The van der Waals surface area contributed by atoms with E-state index in [1.54, 1.807) is 11.8 Å². The highest BCUT2D eigenvalue weighted by molar-refractivity contribution is 7.99. The second-order valence-corrected chi connectivity index (χ2v) is 6.42. The standard InChI is InChI=1S/C11H22N2OS/c1-10(2)8(12)11(3,4)9(10)13-7(14)6-15-5/h8-9H,6,12H2,1-5H3,(H,13,14). The summed E-state index contributed by atoms with van der Waals surface area (Å²) in [4.78, 5) is 11.6. The van der Waals surface area contributed by atoms with Crippen LogP contribution in [0.25, 0.3) is 0 Å². The quantitative estimate of drug-likeness (QED) is 0.766. The van der Waals surface area contributed by atoms with Crippen molar-refractivity contribution in [1.29, 1.82) is 0 Å². The third-order valence-electron chi connectivity index (χ3n) is 3.67. The molecular weight excluding hydrogens is 208 g/mol. The zero-order valence-electron chi connectivity index (χ0n) is 10.3. The number of hydrogen-bond donors (Lipinski definition) is 2. The van der Waals surface area contributed by atoms with Crippen molar-refractivity contribution in [3.05, 3.63) is 0 Å². The van der Waals surface area contributed by atoms with Gasteiger partial charge in [0.15, 0.2) is 0 Å². The summed E-state index contributed by atoms with van der Waals surface area (Å²) in [6, 6.07) is 0.323. The molecule has 0 aliphatic heterocycles. The lowest BCUT2D eigenvalue weighted by atomic mass is 9.48. The Morgan fingerprint density at radius 3 is 2.20 bits per heavy atom. The van der Waals surface area contributed by atoms with Crippen molar-refractivity contribution >= 4 is 17.7 Å². The number of amides is 1. The van der Waals surface area contributed by atoms with Gasteiger partial charge in [0, 0.05) is 22.9 Å². The monoisotopic (exact) mass is 230 g/mol. The predicted octanol–water partition coefficient (Wildman–Crippen LogP) is 1.23. The van der Waals surface area contributed by atoms with E-state index in [1.165, 1.54) is 0 Å². The molecule has 3 nitrogen and oxygen atoms in total. The first-order valence-electron chi connectivity index (χ1n) is 5.28. The Kier molecular flexibility index (Phi) is 3.41. The second-order valence-electron chi connectivity index (χ2n) is 5.55. The number of nitrogens with two attached hydrogens (primary N) is 1. The first-order valence-corrected chi connectivity index (χ1v) is 6.68. The Labute approximate surface area is 96.6 Å². The molecule has 4 heteroatoms. The molecule has 15 heavy (non-hydrogen) atoms. The van der Waals surface area contributed by atoms with E-state index in [2.05, 4.69) is 33.0 Å². The minimum atomic E-state index is -0.00241. The minimum Gasteiger partial charge on any atom is -0.351 e. The van der Waals surface area contributed by atoms with Crippen LogP contribution in [0.1, 0.15) is 27.7 Å². The van der Waals surface area contributed by atoms with Gasteiger partial charge in [-0.1, -0.05) is 27.7 Å². The van der Waals surface area contributed by atoms with Crippen molar-refractivity contribution in [1.82, 2.24) is 5.32 Å². The zero-order chi connectivity index (χ0) is 11.9. The summed E-state index contributed by atoms with van der Waals surface area (Å²) in [6.07, 6.45) is 1.93. The summed E-state index contributed by atoms with van der Waals surface area (Å²) in [7, 11) is 0. The van der Waals surface area contributed by atoms with Crippen molar-refractivity contribution in [2.45, 2.75) is 39.8 Å². The topological polar surface area (TPSA) is 55.1 Å². The van der Waals surface area contributed by atoms with E-state index in [1.807, 2.05) is 6.26 Å². The fraction of sp³-hybridized carbons (Fsp3) is 0.909. The summed E-state index contributed by atoms with van der Waals surface area (Å²) in [6.45, 7) is 8.47. The Bertz CT molecular complexity index is 247. The van der Waals surface area contributed by atoms with Crippen LogP contribution in [0.3, 0.4) is 0 Å². The molecule has 1 saturated carbocycles. The second kappa shape index (κ2) is 3.98. The fourth-order valence-corrected chi connectivity index (χ4v) is 3.23. The lowest BCUT2D eigenvalue weighted by Crippen LogP contribution is -2.76. The van der Waals surface area contributed by atoms with Crippen LogP contribution in [-0.2, 0) is 4.79 Å². The highest BCUT2D eigenvalue weighted by atomic mass is 32.2. The molecule has 0 atom stereocenters. The number of thioether (sulfide) groups is 1. The van der Waals surface area contributed by atoms with E-state index < -0.39 is 0 Å². The Morgan fingerprint density at radius 2 is 1.80 bits per heavy atom. The van der Waals surface area contributed by atoms with Crippen LogP contribution < -0.4 is 11.1 Å². The van der Waals surface area contributed by atoms with Gasteiger partial charge < -0.3 is 11.1 Å². The summed E-state index contributed by atoms with van der Waals surface area (Å²) >= 11 is 1.54. The molecular formula is C11H22N2OS. The van der Waals surface area contributed by atoms with Gasteiger partial charge in [-0.3, -0.25) is 4.79 Å². The van der Waals surface area contributed by atoms with Gasteiger partial charge in [0.1, 0.15) is 0 Å². The van der Waals surface area contributed by atoms with E-state index in [-0.39, 0.29) is 28.8 Å². The number of rotatable bonds is 3. The maximum atomic E-state index is 11.6. The number of hydrogen-bond acceptors (Lipinski definition) is 3. The highest BCUT2D eigenvalue weighted by Gasteiger charge is 2.60. The zero-order valence-corrected chi connectivity index (χ0v) is 11.1. The Hall–Kier alpha value is -0.220. The van der Waals surface area contributed by atoms with Gasteiger partial charge in [0.25, 0.3) is 0 Å². The van der Waals surface area contributed by atoms with Gasteiger partial charge in [-0.2, -0.15) is 11.8 Å². The molecule has 0 aromatic carbocycles. The molecule has 0 unspecified atom stereocenters. The molecule has 1 rings (SSSR count). The van der Waals surface area contributed by atoms with Gasteiger partial charge >= 0.3 is 0 Å². The summed E-state index contributed by atoms with van der Waals surface area (Å²) in [5.41, 5.74) is 6.11. The molecule has 0 spiro atoms. The van der Waals surface area contributed by atoms with E-state index in [4.69, 9.17) is 5.73 Å². The molecule has 1 aliphatic carbocycles. The highest BCUT2D eigenvalue weighted by Crippen LogP contribution is 2.52. The van der Waals surface area contributed by atoms with Crippen molar-refractivity contribution in [3.63, 3.8) is 0 Å². The molecule has 0 bridgehead atoms. The third-order valence-corrected chi connectivity index (χ3v) is 4.22. The number of carbonyl (C=O) groups excluding carboxylic acids is 1. The van der Waals surface area contributed by atoms with Gasteiger partial charge in [-0.15, -0.1) is 0 Å². The Balaban J connectivity index is 2.66. The molecule has 0 aromatic rings. The molecule has 1 amide bonds. The van der Waals surface area contributed by atoms with Crippen molar-refractivity contribution in [2.24, 2.45) is 16.6 Å². The van der Waals surface area contributed by atoms with E-state index in [9.17, 15) is 4.79 Å². The van der Waals surface area contributed by atoms with Crippen LogP contribution in [0.4, 0.5) is 0 Å². The van der Waals surface area contributed by atoms with Gasteiger partial charge in [0.2, 0.25) is 5.91 Å². The summed E-state index contributed by atoms with van der Waals surface area (Å²) in [5, 5.41) is 3.09. The molecule has 1 aliphatic rings. The maximum Gasteiger partial charge on any atom is 0.230 e.